The predicted molar refractivity (Wildman–Crippen MR) is 136 cm³/mol. The molecule has 4 rings (SSSR count). The molecule has 8 nitrogen and oxygen atoms in total. The van der Waals surface area contributed by atoms with Crippen LogP contribution in [0.25, 0.3) is 0 Å². The number of rotatable bonds is 9. The van der Waals surface area contributed by atoms with Crippen LogP contribution in [-0.4, -0.2) is 41.8 Å². The second-order valence-corrected chi connectivity index (χ2v) is 8.68. The molecule has 1 amide bonds. The lowest BCUT2D eigenvalue weighted by atomic mass is 9.94. The van der Waals surface area contributed by atoms with Gasteiger partial charge in [0.25, 0.3) is 5.91 Å². The fourth-order valence-corrected chi connectivity index (χ4v) is 4.65. The Bertz CT molecular complexity index is 1240. The van der Waals surface area contributed by atoms with Gasteiger partial charge in [0.05, 0.1) is 30.5 Å². The van der Waals surface area contributed by atoms with Gasteiger partial charge in [-0.25, -0.2) is 14.2 Å². The zero-order valence-corrected chi connectivity index (χ0v) is 20.9. The zero-order valence-electron chi connectivity index (χ0n) is 20.1. The summed E-state index contributed by atoms with van der Waals surface area (Å²) in [6.07, 6.45) is 1.88. The number of carbonyl (C=O) groups is 2. The van der Waals surface area contributed by atoms with Gasteiger partial charge in [-0.1, -0.05) is 17.8 Å². The van der Waals surface area contributed by atoms with Crippen molar-refractivity contribution in [3.63, 3.8) is 0 Å². The molecule has 0 aromatic heterocycles. The molecule has 10 heteroatoms. The number of hydrogen-bond acceptors (Lipinski definition) is 8. The van der Waals surface area contributed by atoms with Crippen molar-refractivity contribution in [2.75, 3.05) is 25.1 Å². The number of thioether (sulfide) groups is 1. The van der Waals surface area contributed by atoms with Crippen molar-refractivity contribution in [3.05, 3.63) is 76.7 Å². The number of anilines is 1. The highest BCUT2D eigenvalue weighted by Gasteiger charge is 2.37. The first-order valence-electron chi connectivity index (χ1n) is 11.4. The molecule has 2 aromatic rings. The van der Waals surface area contributed by atoms with Crippen LogP contribution < -0.4 is 14.8 Å². The highest BCUT2D eigenvalue weighted by molar-refractivity contribution is 8.16. The number of aliphatic imine (C=N–C) groups is 1. The first-order valence-corrected chi connectivity index (χ1v) is 12.3. The molecule has 36 heavy (non-hydrogen) atoms. The quantitative estimate of drug-likeness (QED) is 0.474. The van der Waals surface area contributed by atoms with E-state index in [1.54, 1.807) is 26.0 Å². The molecule has 1 atom stereocenters. The number of amides is 1. The lowest BCUT2D eigenvalue weighted by molar-refractivity contribution is -0.139. The van der Waals surface area contributed by atoms with Crippen LogP contribution >= 0.6 is 11.8 Å². The maximum Gasteiger partial charge on any atom is 0.338 e. The smallest absolute Gasteiger partial charge is 0.338 e. The molecule has 0 saturated carbocycles. The van der Waals surface area contributed by atoms with Gasteiger partial charge in [-0.15, -0.1) is 0 Å². The predicted octanol–water partition coefficient (Wildman–Crippen LogP) is 5.01. The monoisotopic (exact) mass is 511 g/mol. The molecule has 0 fully saturated rings. The molecule has 2 aliphatic heterocycles. The van der Waals surface area contributed by atoms with Crippen LogP contribution in [0.4, 0.5) is 10.1 Å². The lowest BCUT2D eigenvalue weighted by Crippen LogP contribution is -2.34. The number of nitrogens with one attached hydrogen (secondary N) is 1. The van der Waals surface area contributed by atoms with E-state index in [-0.39, 0.29) is 19.0 Å². The van der Waals surface area contributed by atoms with Crippen LogP contribution in [0, 0.1) is 5.82 Å². The standard InChI is InChI=1S/C26H26FN3O5S/c1-4-33-21-14-17(6-11-20(21)35-15-22(31)29-19-9-7-18(27)8-10-19)24-23(25(32)34-5-2)16(3)28-26-30(24)12-13-36-26/h6-14,24H,4-5,15H2,1-3H3,(H,29,31)/t24-/m0/s1. The Morgan fingerprint density at radius 2 is 1.86 bits per heavy atom. The zero-order chi connectivity index (χ0) is 25.7. The molecule has 188 valence electrons. The summed E-state index contributed by atoms with van der Waals surface area (Å²) in [7, 11) is 0. The number of halogens is 1. The average molecular weight is 512 g/mol. The van der Waals surface area contributed by atoms with Crippen LogP contribution in [0.3, 0.4) is 0 Å². The molecule has 0 radical (unpaired) electrons. The minimum atomic E-state index is -0.460. The first-order chi connectivity index (χ1) is 17.4. The number of allylic oxidation sites excluding steroid dienone is 1. The van der Waals surface area contributed by atoms with Gasteiger partial charge in [0.1, 0.15) is 5.82 Å². The third-order valence-corrected chi connectivity index (χ3v) is 6.16. The molecular weight excluding hydrogens is 485 g/mol. The van der Waals surface area contributed by atoms with Crippen LogP contribution in [0.1, 0.15) is 32.4 Å². The number of fused-ring (bicyclic) bond motifs is 1. The Morgan fingerprint density at radius 3 is 2.58 bits per heavy atom. The van der Waals surface area contributed by atoms with Gasteiger partial charge in [-0.05, 0) is 68.1 Å². The van der Waals surface area contributed by atoms with Crippen molar-refractivity contribution in [3.8, 4) is 11.5 Å². The summed E-state index contributed by atoms with van der Waals surface area (Å²) in [6, 6.07) is 10.3. The average Bonchev–Trinajstić information content (AvgIpc) is 3.32. The van der Waals surface area contributed by atoms with E-state index < -0.39 is 17.9 Å². The summed E-state index contributed by atoms with van der Waals surface area (Å²) in [5.74, 6) is -0.400. The van der Waals surface area contributed by atoms with Gasteiger partial charge in [-0.2, -0.15) is 0 Å². The number of esters is 1. The maximum absolute atomic E-state index is 13.1. The van der Waals surface area contributed by atoms with Crippen LogP contribution in [0.5, 0.6) is 11.5 Å². The Kier molecular flexibility index (Phi) is 7.94. The SMILES string of the molecule is CCOC(=O)C1=C(C)N=C2SC=CN2[C@H]1c1ccc(OCC(=O)Nc2ccc(F)cc2)c(OCC)c1. The van der Waals surface area contributed by atoms with E-state index in [0.717, 1.165) is 10.7 Å². The molecule has 2 heterocycles. The van der Waals surface area contributed by atoms with Crippen LogP contribution in [0.2, 0.25) is 0 Å². The second kappa shape index (κ2) is 11.3. The van der Waals surface area contributed by atoms with Crippen molar-refractivity contribution in [1.82, 2.24) is 4.90 Å². The molecular formula is C26H26FN3O5S. The highest BCUT2D eigenvalue weighted by Crippen LogP contribution is 2.43. The summed E-state index contributed by atoms with van der Waals surface area (Å²) in [5, 5.41) is 5.33. The van der Waals surface area contributed by atoms with E-state index >= 15 is 0 Å². The third-order valence-electron chi connectivity index (χ3n) is 5.39. The molecule has 1 N–H and O–H groups in total. The maximum atomic E-state index is 13.1. The number of benzene rings is 2. The third kappa shape index (κ3) is 5.54. The first kappa shape index (κ1) is 25.3. The normalized spacial score (nSPS) is 16.4. The Labute approximate surface area is 212 Å². The van der Waals surface area contributed by atoms with Gasteiger partial charge in [0, 0.05) is 11.9 Å². The van der Waals surface area contributed by atoms with Gasteiger partial charge in [-0.3, -0.25) is 4.79 Å². The van der Waals surface area contributed by atoms with Gasteiger partial charge in [0.2, 0.25) is 0 Å². The number of nitrogens with zero attached hydrogens (tertiary/aromatic N) is 2. The number of hydrogen-bond donors (Lipinski definition) is 1. The molecule has 0 aliphatic carbocycles. The van der Waals surface area contributed by atoms with Crippen molar-refractivity contribution in [1.29, 1.82) is 0 Å². The molecule has 0 unspecified atom stereocenters. The van der Waals surface area contributed by atoms with E-state index in [1.807, 2.05) is 29.5 Å². The van der Waals surface area contributed by atoms with E-state index in [9.17, 15) is 14.0 Å². The molecule has 0 bridgehead atoms. The van der Waals surface area contributed by atoms with Crippen molar-refractivity contribution in [2.24, 2.45) is 4.99 Å². The summed E-state index contributed by atoms with van der Waals surface area (Å²) < 4.78 is 30.0. The van der Waals surface area contributed by atoms with Crippen LogP contribution in [0.15, 0.2) is 70.3 Å². The van der Waals surface area contributed by atoms with Gasteiger partial charge < -0.3 is 24.4 Å². The Morgan fingerprint density at radius 1 is 1.08 bits per heavy atom. The largest absolute Gasteiger partial charge is 0.490 e. The molecule has 0 spiro atoms. The van der Waals surface area contributed by atoms with Gasteiger partial charge in [0.15, 0.2) is 23.3 Å². The number of ether oxygens (including phenoxy) is 3. The number of carbonyl (C=O) groups excluding carboxylic acids is 2. The summed E-state index contributed by atoms with van der Waals surface area (Å²) >= 11 is 1.47. The summed E-state index contributed by atoms with van der Waals surface area (Å²) in [5.41, 5.74) is 2.29. The van der Waals surface area contributed by atoms with E-state index in [1.165, 1.54) is 36.0 Å². The second-order valence-electron chi connectivity index (χ2n) is 7.81. The molecule has 2 aromatic carbocycles. The van der Waals surface area contributed by atoms with E-state index in [4.69, 9.17) is 14.2 Å². The fraction of sp³-hybridized carbons (Fsp3) is 0.269. The molecule has 0 saturated heterocycles. The topological polar surface area (TPSA) is 89.5 Å². The van der Waals surface area contributed by atoms with Crippen molar-refractivity contribution >= 4 is 34.5 Å². The summed E-state index contributed by atoms with van der Waals surface area (Å²) in [4.78, 5) is 31.7. The Balaban J connectivity index is 1.57. The van der Waals surface area contributed by atoms with Crippen molar-refractivity contribution in [2.45, 2.75) is 26.8 Å². The highest BCUT2D eigenvalue weighted by atomic mass is 32.2. The fourth-order valence-electron chi connectivity index (χ4n) is 3.85. The van der Waals surface area contributed by atoms with Crippen LogP contribution in [-0.2, 0) is 14.3 Å². The molecule has 2 aliphatic rings. The lowest BCUT2D eigenvalue weighted by Gasteiger charge is -2.33. The van der Waals surface area contributed by atoms with E-state index in [2.05, 4.69) is 10.3 Å². The minimum Gasteiger partial charge on any atom is -0.490 e. The Hall–Kier alpha value is -3.79. The van der Waals surface area contributed by atoms with E-state index in [0.29, 0.717) is 35.1 Å². The van der Waals surface area contributed by atoms with Gasteiger partial charge >= 0.3 is 5.97 Å². The van der Waals surface area contributed by atoms with Crippen molar-refractivity contribution < 1.29 is 28.2 Å². The minimum absolute atomic E-state index is 0.250. The number of amidine groups is 1. The summed E-state index contributed by atoms with van der Waals surface area (Å²) in [6.45, 7) is 5.76.